The number of nitrogens with zero attached hydrogens (tertiary/aromatic N) is 2. The topological polar surface area (TPSA) is 90.0 Å². The van der Waals surface area contributed by atoms with E-state index in [-0.39, 0.29) is 18.0 Å². The van der Waals surface area contributed by atoms with Crippen LogP contribution in [-0.2, 0) is 16.1 Å². The van der Waals surface area contributed by atoms with Crippen molar-refractivity contribution in [1.82, 2.24) is 15.2 Å². The molecule has 0 fully saturated rings. The van der Waals surface area contributed by atoms with Gasteiger partial charge in [0.2, 0.25) is 0 Å². The van der Waals surface area contributed by atoms with Crippen LogP contribution in [0.4, 0.5) is 0 Å². The van der Waals surface area contributed by atoms with E-state index >= 15 is 0 Å². The van der Waals surface area contributed by atoms with E-state index in [1.165, 1.54) is 19.5 Å². The zero-order chi connectivity index (χ0) is 17.5. The number of ketones is 2. The lowest BCUT2D eigenvalue weighted by Crippen LogP contribution is -2.21. The maximum atomic E-state index is 10.0. The van der Waals surface area contributed by atoms with E-state index in [0.29, 0.717) is 0 Å². The molecule has 6 heteroatoms. The monoisotopic (exact) mass is 312 g/mol. The molecule has 1 rings (SSSR count). The molecule has 0 bridgehead atoms. The predicted octanol–water partition coefficient (Wildman–Crippen LogP) is 2.32. The summed E-state index contributed by atoms with van der Waals surface area (Å²) in [7, 11) is 0. The fourth-order valence-electron chi connectivity index (χ4n) is 1.61. The molecule has 1 aromatic rings. The summed E-state index contributed by atoms with van der Waals surface area (Å²) in [6, 6.07) is 2.11. The number of hydrogen-bond donors (Lipinski definition) is 2. The summed E-state index contributed by atoms with van der Waals surface area (Å²) in [6.07, 6.45) is 2.35. The minimum absolute atomic E-state index is 0.0625. The Balaban J connectivity index is 0. The molecule has 0 atom stereocenters. The number of carbonyl (C=O) groups excluding carboxylic acids is 2. The van der Waals surface area contributed by atoms with Gasteiger partial charge in [0.1, 0.15) is 11.6 Å². The second-order valence-electron chi connectivity index (χ2n) is 5.19. The summed E-state index contributed by atoms with van der Waals surface area (Å²) >= 11 is 0. The number of nitrogens with one attached hydrogen (secondary N) is 1. The molecule has 1 heterocycles. The zero-order valence-corrected chi connectivity index (χ0v) is 14.9. The van der Waals surface area contributed by atoms with Crippen LogP contribution in [0, 0.1) is 13.8 Å². The summed E-state index contributed by atoms with van der Waals surface area (Å²) < 4.78 is 2.05. The number of hydrogen-bond acceptors (Lipinski definition) is 5. The molecule has 0 aromatic carbocycles. The Labute approximate surface area is 134 Å². The van der Waals surface area contributed by atoms with Gasteiger partial charge in [-0.15, -0.1) is 0 Å². The second kappa shape index (κ2) is 14.4. The first kappa shape index (κ1) is 22.7. The number of carbonyl (C=O) groups is 2. The molecule has 0 aliphatic carbocycles. The van der Waals surface area contributed by atoms with Crippen LogP contribution in [0.2, 0.25) is 0 Å². The Morgan fingerprint density at radius 1 is 1.18 bits per heavy atom. The molecule has 1 aromatic heterocycles. The van der Waals surface area contributed by atoms with Gasteiger partial charge in [0.15, 0.2) is 0 Å². The van der Waals surface area contributed by atoms with Crippen molar-refractivity contribution >= 4 is 11.6 Å². The van der Waals surface area contributed by atoms with Gasteiger partial charge < -0.3 is 0 Å². The van der Waals surface area contributed by atoms with Gasteiger partial charge in [-0.1, -0.05) is 13.8 Å². The van der Waals surface area contributed by atoms with Gasteiger partial charge in [-0.2, -0.15) is 5.10 Å². The van der Waals surface area contributed by atoms with E-state index in [9.17, 15) is 9.59 Å². The molecule has 0 aliphatic heterocycles. The Morgan fingerprint density at radius 2 is 1.73 bits per heavy atom. The van der Waals surface area contributed by atoms with Gasteiger partial charge in [-0.05, 0) is 46.6 Å². The highest BCUT2D eigenvalue weighted by atomic mass is 16.1. The zero-order valence-electron chi connectivity index (χ0n) is 14.9. The van der Waals surface area contributed by atoms with Crippen molar-refractivity contribution in [2.75, 3.05) is 6.54 Å². The van der Waals surface area contributed by atoms with Crippen molar-refractivity contribution in [3.63, 3.8) is 0 Å². The maximum absolute atomic E-state index is 10.0. The number of hydrazine groups is 1. The Morgan fingerprint density at radius 3 is 1.91 bits per heavy atom. The van der Waals surface area contributed by atoms with Crippen molar-refractivity contribution in [3.8, 4) is 0 Å². The number of Topliss-reactive ketones (excluding diaryl/α,β-unsaturated/α-hetero) is 2. The minimum Gasteiger partial charge on any atom is -0.300 e. The highest BCUT2D eigenvalue weighted by Gasteiger charge is 1.97. The molecule has 0 aliphatic rings. The van der Waals surface area contributed by atoms with E-state index < -0.39 is 0 Å². The average molecular weight is 312 g/mol. The molecule has 0 amide bonds. The van der Waals surface area contributed by atoms with Crippen LogP contribution in [0.25, 0.3) is 0 Å². The number of nitrogens with two attached hydrogens (primary N) is 1. The molecule has 0 spiro atoms. The standard InChI is InChI=1S/C8H14N2.C5H8O2.C3H10N2/c1-4-5-10-8(3)6-7(2)9-10;1-4(6)3-5(2)7;1-2-3-5-4/h6H,4-5H2,1-3H3;3H2,1-2H3;5H,2-4H2,1H3. The van der Waals surface area contributed by atoms with Gasteiger partial charge in [0.05, 0.1) is 12.1 Å². The Bertz CT molecular complexity index is 414. The lowest BCUT2D eigenvalue weighted by molar-refractivity contribution is -0.124. The first-order valence-corrected chi connectivity index (χ1v) is 7.71. The van der Waals surface area contributed by atoms with Gasteiger partial charge in [-0.3, -0.25) is 25.5 Å². The van der Waals surface area contributed by atoms with Crippen LogP contribution < -0.4 is 11.3 Å². The summed E-state index contributed by atoms with van der Waals surface area (Å²) in [5.74, 6) is 4.76. The van der Waals surface area contributed by atoms with Gasteiger partial charge in [-0.25, -0.2) is 0 Å². The first-order valence-electron chi connectivity index (χ1n) is 7.71. The highest BCUT2D eigenvalue weighted by molar-refractivity contribution is 5.96. The Hall–Kier alpha value is -1.53. The van der Waals surface area contributed by atoms with Crippen LogP contribution in [0.1, 0.15) is 58.3 Å². The molecular weight excluding hydrogens is 280 g/mol. The molecule has 3 N–H and O–H groups in total. The van der Waals surface area contributed by atoms with Gasteiger partial charge in [0, 0.05) is 18.8 Å². The third kappa shape index (κ3) is 14.9. The maximum Gasteiger partial charge on any atom is 0.137 e. The number of rotatable bonds is 6. The minimum atomic E-state index is -0.0625. The number of aromatic nitrogens is 2. The SMILES string of the molecule is CC(=O)CC(C)=O.CCCNN.CCCn1nc(C)cc1C. The fraction of sp³-hybridized carbons (Fsp3) is 0.688. The molecule has 128 valence electrons. The molecule has 0 radical (unpaired) electrons. The van der Waals surface area contributed by atoms with E-state index in [0.717, 1.165) is 31.6 Å². The van der Waals surface area contributed by atoms with E-state index in [4.69, 9.17) is 5.84 Å². The molecular formula is C16H32N4O2. The third-order valence-electron chi connectivity index (χ3n) is 2.43. The van der Waals surface area contributed by atoms with Crippen LogP contribution in [0.5, 0.6) is 0 Å². The van der Waals surface area contributed by atoms with E-state index in [1.54, 1.807) is 0 Å². The quantitative estimate of drug-likeness (QED) is 0.478. The van der Waals surface area contributed by atoms with Crippen LogP contribution in [0.15, 0.2) is 6.07 Å². The molecule has 6 nitrogen and oxygen atoms in total. The van der Waals surface area contributed by atoms with E-state index in [2.05, 4.69) is 42.0 Å². The van der Waals surface area contributed by atoms with Crippen molar-refractivity contribution in [1.29, 1.82) is 0 Å². The summed E-state index contributed by atoms with van der Waals surface area (Å²) in [4.78, 5) is 20.1. The van der Waals surface area contributed by atoms with E-state index in [1.807, 2.05) is 6.92 Å². The molecule has 0 saturated heterocycles. The molecule has 0 unspecified atom stereocenters. The summed E-state index contributed by atoms with van der Waals surface area (Å²) in [6.45, 7) is 13.1. The van der Waals surface area contributed by atoms with Crippen molar-refractivity contribution < 1.29 is 9.59 Å². The van der Waals surface area contributed by atoms with Crippen LogP contribution in [0.3, 0.4) is 0 Å². The lowest BCUT2D eigenvalue weighted by atomic mass is 10.2. The molecule has 0 saturated carbocycles. The normalized spacial score (nSPS) is 9.23. The third-order valence-corrected chi connectivity index (χ3v) is 2.43. The van der Waals surface area contributed by atoms with Crippen LogP contribution >= 0.6 is 0 Å². The lowest BCUT2D eigenvalue weighted by Gasteiger charge is -1.98. The second-order valence-corrected chi connectivity index (χ2v) is 5.19. The smallest absolute Gasteiger partial charge is 0.137 e. The van der Waals surface area contributed by atoms with Crippen molar-refractivity contribution in [2.45, 2.75) is 67.3 Å². The largest absolute Gasteiger partial charge is 0.300 e. The summed E-state index contributed by atoms with van der Waals surface area (Å²) in [5.41, 5.74) is 4.90. The average Bonchev–Trinajstić information content (AvgIpc) is 2.69. The summed E-state index contributed by atoms with van der Waals surface area (Å²) in [5, 5.41) is 4.32. The molecule has 22 heavy (non-hydrogen) atoms. The van der Waals surface area contributed by atoms with Crippen LogP contribution in [-0.4, -0.2) is 27.9 Å². The predicted molar refractivity (Wildman–Crippen MR) is 90.5 cm³/mol. The Kier molecular flexibility index (Phi) is 14.9. The van der Waals surface area contributed by atoms with Crippen molar-refractivity contribution in [3.05, 3.63) is 17.5 Å². The van der Waals surface area contributed by atoms with Gasteiger partial charge >= 0.3 is 0 Å². The fourth-order valence-corrected chi connectivity index (χ4v) is 1.61. The first-order chi connectivity index (χ1) is 10.3. The highest BCUT2D eigenvalue weighted by Crippen LogP contribution is 2.01. The van der Waals surface area contributed by atoms with Crippen molar-refractivity contribution in [2.24, 2.45) is 5.84 Å². The number of aryl methyl sites for hydroxylation is 3. The van der Waals surface area contributed by atoms with Gasteiger partial charge in [0.25, 0.3) is 0 Å².